The van der Waals surface area contributed by atoms with Gasteiger partial charge in [-0.05, 0) is 53.7 Å². The van der Waals surface area contributed by atoms with Gasteiger partial charge in [-0.25, -0.2) is 8.78 Å². The SMILES string of the molecule is O=C(NCCN1C(=O)S/C(=C\c2ccc3c(c2)OCO3)C1=O)c1cc(F)ccc1F. The molecule has 4 rings (SSSR count). The number of carbonyl (C=O) groups is 3. The van der Waals surface area contributed by atoms with Gasteiger partial charge in [0.1, 0.15) is 11.6 Å². The summed E-state index contributed by atoms with van der Waals surface area (Å²) < 4.78 is 37.4. The molecule has 3 amide bonds. The molecule has 1 saturated heterocycles. The van der Waals surface area contributed by atoms with Gasteiger partial charge in [0.25, 0.3) is 17.1 Å². The van der Waals surface area contributed by atoms with Crippen LogP contribution in [0.5, 0.6) is 11.5 Å². The molecule has 0 spiro atoms. The van der Waals surface area contributed by atoms with Gasteiger partial charge in [-0.2, -0.15) is 0 Å². The van der Waals surface area contributed by atoms with Gasteiger partial charge >= 0.3 is 0 Å². The number of halogens is 2. The maximum atomic E-state index is 13.6. The van der Waals surface area contributed by atoms with E-state index in [4.69, 9.17) is 9.47 Å². The summed E-state index contributed by atoms with van der Waals surface area (Å²) in [5, 5.41) is 1.89. The molecule has 0 saturated carbocycles. The quantitative estimate of drug-likeness (QED) is 0.731. The minimum absolute atomic E-state index is 0.105. The number of nitrogens with zero attached hydrogens (tertiary/aromatic N) is 1. The van der Waals surface area contributed by atoms with Gasteiger partial charge < -0.3 is 14.8 Å². The van der Waals surface area contributed by atoms with Crippen LogP contribution in [0.15, 0.2) is 41.3 Å². The highest BCUT2D eigenvalue weighted by molar-refractivity contribution is 8.18. The van der Waals surface area contributed by atoms with E-state index in [1.54, 1.807) is 24.3 Å². The summed E-state index contributed by atoms with van der Waals surface area (Å²) in [4.78, 5) is 37.9. The lowest BCUT2D eigenvalue weighted by Crippen LogP contribution is -2.37. The highest BCUT2D eigenvalue weighted by Crippen LogP contribution is 2.36. The molecule has 1 N–H and O–H groups in total. The summed E-state index contributed by atoms with van der Waals surface area (Å²) in [6, 6.07) is 7.66. The van der Waals surface area contributed by atoms with E-state index in [-0.39, 0.29) is 24.8 Å². The smallest absolute Gasteiger partial charge is 0.293 e. The zero-order valence-corrected chi connectivity index (χ0v) is 16.1. The lowest BCUT2D eigenvalue weighted by Gasteiger charge is -2.13. The number of carbonyl (C=O) groups excluding carboxylic acids is 3. The van der Waals surface area contributed by atoms with Crippen LogP contribution >= 0.6 is 11.8 Å². The number of hydrogen-bond acceptors (Lipinski definition) is 6. The highest BCUT2D eigenvalue weighted by atomic mass is 32.2. The molecule has 2 aromatic rings. The fourth-order valence-electron chi connectivity index (χ4n) is 2.90. The van der Waals surface area contributed by atoms with Crippen molar-refractivity contribution < 1.29 is 32.6 Å². The summed E-state index contributed by atoms with van der Waals surface area (Å²) in [5.41, 5.74) is 0.214. The number of ether oxygens (including phenoxy) is 2. The molecule has 2 aromatic carbocycles. The van der Waals surface area contributed by atoms with E-state index in [0.29, 0.717) is 17.1 Å². The molecule has 0 unspecified atom stereocenters. The standard InChI is InChI=1S/C20H14F2N2O5S/c21-12-2-3-14(22)13(9-12)18(25)23-5-6-24-19(26)17(30-20(24)27)8-11-1-4-15-16(7-11)29-10-28-15/h1-4,7-9H,5-6,10H2,(H,23,25)/b17-8-. The van der Waals surface area contributed by atoms with Gasteiger partial charge in [0, 0.05) is 13.1 Å². The molecule has 30 heavy (non-hydrogen) atoms. The van der Waals surface area contributed by atoms with E-state index in [0.717, 1.165) is 34.9 Å². The van der Waals surface area contributed by atoms with Crippen molar-refractivity contribution >= 4 is 34.9 Å². The van der Waals surface area contributed by atoms with E-state index < -0.39 is 34.3 Å². The van der Waals surface area contributed by atoms with Crippen molar-refractivity contribution in [3.8, 4) is 11.5 Å². The lowest BCUT2D eigenvalue weighted by molar-refractivity contribution is -0.122. The molecule has 7 nitrogen and oxygen atoms in total. The van der Waals surface area contributed by atoms with E-state index >= 15 is 0 Å². The number of amides is 3. The van der Waals surface area contributed by atoms with Gasteiger partial charge in [-0.1, -0.05) is 6.07 Å². The van der Waals surface area contributed by atoms with Crippen LogP contribution in [-0.4, -0.2) is 41.8 Å². The Bertz CT molecular complexity index is 1090. The summed E-state index contributed by atoms with van der Waals surface area (Å²) >= 11 is 0.774. The number of benzene rings is 2. The summed E-state index contributed by atoms with van der Waals surface area (Å²) in [7, 11) is 0. The molecule has 0 aliphatic carbocycles. The number of rotatable bonds is 5. The first-order valence-corrected chi connectivity index (χ1v) is 9.62. The molecule has 2 aliphatic rings. The van der Waals surface area contributed by atoms with E-state index in [2.05, 4.69) is 5.32 Å². The van der Waals surface area contributed by atoms with Crippen LogP contribution in [0, 0.1) is 11.6 Å². The summed E-state index contributed by atoms with van der Waals surface area (Å²) in [6.45, 7) is -0.0868. The van der Waals surface area contributed by atoms with Crippen molar-refractivity contribution in [2.24, 2.45) is 0 Å². The van der Waals surface area contributed by atoms with Crippen molar-refractivity contribution in [3.63, 3.8) is 0 Å². The third-order valence-corrected chi connectivity index (χ3v) is 5.27. The Labute approximate surface area is 173 Å². The van der Waals surface area contributed by atoms with E-state index in [1.165, 1.54) is 0 Å². The first kappa shape index (κ1) is 19.9. The van der Waals surface area contributed by atoms with Crippen molar-refractivity contribution in [3.05, 3.63) is 64.1 Å². The van der Waals surface area contributed by atoms with Crippen LogP contribution in [0.4, 0.5) is 13.6 Å². The molecule has 2 heterocycles. The Hall–Kier alpha value is -3.40. The topological polar surface area (TPSA) is 84.9 Å². The Kier molecular flexibility index (Phi) is 5.40. The van der Waals surface area contributed by atoms with E-state index in [9.17, 15) is 23.2 Å². The summed E-state index contributed by atoms with van der Waals surface area (Å²) in [6.07, 6.45) is 1.56. The minimum atomic E-state index is -0.869. The molecule has 0 aromatic heterocycles. The van der Waals surface area contributed by atoms with Gasteiger partial charge in [0.05, 0.1) is 10.5 Å². The second-order valence-corrected chi connectivity index (χ2v) is 7.32. The molecule has 10 heteroatoms. The number of thioether (sulfide) groups is 1. The first-order chi connectivity index (χ1) is 14.4. The molecular formula is C20H14F2N2O5S. The third kappa shape index (κ3) is 3.99. The number of imide groups is 1. The Morgan fingerprint density at radius 1 is 1.13 bits per heavy atom. The Morgan fingerprint density at radius 3 is 2.77 bits per heavy atom. The van der Waals surface area contributed by atoms with Crippen molar-refractivity contribution in [2.45, 2.75) is 0 Å². The fraction of sp³-hybridized carbons (Fsp3) is 0.150. The van der Waals surface area contributed by atoms with Crippen LogP contribution in [0.2, 0.25) is 0 Å². The fourth-order valence-corrected chi connectivity index (χ4v) is 3.76. The van der Waals surface area contributed by atoms with Crippen LogP contribution in [0.1, 0.15) is 15.9 Å². The van der Waals surface area contributed by atoms with Crippen molar-refractivity contribution in [2.75, 3.05) is 19.9 Å². The normalized spacial score (nSPS) is 16.5. The predicted octanol–water partition coefficient (Wildman–Crippen LogP) is 3.16. The first-order valence-electron chi connectivity index (χ1n) is 8.80. The lowest BCUT2D eigenvalue weighted by atomic mass is 10.2. The van der Waals surface area contributed by atoms with Gasteiger partial charge in [-0.3, -0.25) is 19.3 Å². The molecule has 0 radical (unpaired) electrons. The molecule has 0 atom stereocenters. The number of hydrogen-bond donors (Lipinski definition) is 1. The van der Waals surface area contributed by atoms with E-state index in [1.807, 2.05) is 0 Å². The maximum Gasteiger partial charge on any atom is 0.293 e. The van der Waals surface area contributed by atoms with Crippen LogP contribution in [0.3, 0.4) is 0 Å². The van der Waals surface area contributed by atoms with Crippen molar-refractivity contribution in [1.29, 1.82) is 0 Å². The van der Waals surface area contributed by atoms with Crippen LogP contribution < -0.4 is 14.8 Å². The summed E-state index contributed by atoms with van der Waals surface area (Å²) in [5.74, 6) is -1.81. The second kappa shape index (κ2) is 8.15. The van der Waals surface area contributed by atoms with Crippen LogP contribution in [-0.2, 0) is 4.79 Å². The number of nitrogens with one attached hydrogen (secondary N) is 1. The van der Waals surface area contributed by atoms with Crippen molar-refractivity contribution in [1.82, 2.24) is 10.2 Å². The maximum absolute atomic E-state index is 13.6. The minimum Gasteiger partial charge on any atom is -0.454 e. The molecule has 154 valence electrons. The van der Waals surface area contributed by atoms with Gasteiger partial charge in [-0.15, -0.1) is 0 Å². The average Bonchev–Trinajstić information content (AvgIpc) is 3.29. The Morgan fingerprint density at radius 2 is 1.93 bits per heavy atom. The largest absolute Gasteiger partial charge is 0.454 e. The zero-order valence-electron chi connectivity index (χ0n) is 15.3. The van der Waals surface area contributed by atoms with Gasteiger partial charge in [0.15, 0.2) is 11.5 Å². The van der Waals surface area contributed by atoms with Crippen LogP contribution in [0.25, 0.3) is 6.08 Å². The number of fused-ring (bicyclic) bond motifs is 1. The van der Waals surface area contributed by atoms with Gasteiger partial charge in [0.2, 0.25) is 6.79 Å². The molecular weight excluding hydrogens is 418 g/mol. The second-order valence-electron chi connectivity index (χ2n) is 6.33. The molecule has 1 fully saturated rings. The monoisotopic (exact) mass is 432 g/mol. The predicted molar refractivity (Wildman–Crippen MR) is 104 cm³/mol. The molecule has 2 aliphatic heterocycles. The third-order valence-electron chi connectivity index (χ3n) is 4.36. The highest BCUT2D eigenvalue weighted by Gasteiger charge is 2.34. The molecule has 0 bridgehead atoms. The zero-order chi connectivity index (χ0) is 21.3. The average molecular weight is 432 g/mol. The Balaban J connectivity index is 1.38.